The highest BCUT2D eigenvalue weighted by Gasteiger charge is 2.27. The zero-order chi connectivity index (χ0) is 20.0. The molecule has 0 aliphatic carbocycles. The average Bonchev–Trinajstić information content (AvgIpc) is 2.61. The van der Waals surface area contributed by atoms with Crippen LogP contribution in [0.3, 0.4) is 0 Å². The minimum absolute atomic E-state index is 0.0455. The Bertz CT molecular complexity index is 865. The Balaban J connectivity index is 2.36. The molecule has 5 nitrogen and oxygen atoms in total. The van der Waals surface area contributed by atoms with Crippen molar-refractivity contribution in [3.8, 4) is 0 Å². The maximum atomic E-state index is 13.2. The fraction of sp³-hybridized carbons (Fsp3) is 0.350. The Hall–Kier alpha value is -2.41. The summed E-state index contributed by atoms with van der Waals surface area (Å²) in [5.74, 6) is -0.913. The molecule has 0 aliphatic heterocycles. The highest BCUT2D eigenvalue weighted by atomic mass is 32.2. The van der Waals surface area contributed by atoms with Gasteiger partial charge in [-0.3, -0.25) is 9.10 Å². The SMILES string of the molecule is CCC[C@@H](C)NC(=O)CN(c1ccc(C)cc1)S(=O)(=O)c1ccc(F)cc1. The molecule has 0 aromatic heterocycles. The van der Waals surface area contributed by atoms with Crippen molar-refractivity contribution in [3.63, 3.8) is 0 Å². The number of carbonyl (C=O) groups excluding carboxylic acids is 1. The minimum Gasteiger partial charge on any atom is -0.352 e. The molecule has 1 atom stereocenters. The number of carbonyl (C=O) groups is 1. The Kier molecular flexibility index (Phi) is 6.96. The number of amides is 1. The van der Waals surface area contributed by atoms with Gasteiger partial charge in [0.1, 0.15) is 12.4 Å². The standard InChI is InChI=1S/C20H25FN2O3S/c1-4-5-16(3)22-20(24)14-23(18-10-6-15(2)7-11-18)27(25,26)19-12-8-17(21)9-13-19/h6-13,16H,4-5,14H2,1-3H3,(H,22,24)/t16-/m1/s1. The van der Waals surface area contributed by atoms with Crippen LogP contribution in [0.1, 0.15) is 32.3 Å². The van der Waals surface area contributed by atoms with Crippen LogP contribution >= 0.6 is 0 Å². The fourth-order valence-electron chi connectivity index (χ4n) is 2.72. The maximum Gasteiger partial charge on any atom is 0.264 e. The molecule has 0 fully saturated rings. The van der Waals surface area contributed by atoms with E-state index in [1.807, 2.05) is 20.8 Å². The van der Waals surface area contributed by atoms with Crippen LogP contribution in [0.2, 0.25) is 0 Å². The zero-order valence-electron chi connectivity index (χ0n) is 15.8. The van der Waals surface area contributed by atoms with E-state index in [2.05, 4.69) is 5.32 Å². The van der Waals surface area contributed by atoms with E-state index in [9.17, 15) is 17.6 Å². The molecule has 0 heterocycles. The van der Waals surface area contributed by atoms with Crippen molar-refractivity contribution in [1.29, 1.82) is 0 Å². The van der Waals surface area contributed by atoms with Gasteiger partial charge in [-0.15, -0.1) is 0 Å². The van der Waals surface area contributed by atoms with Crippen molar-refractivity contribution in [2.24, 2.45) is 0 Å². The molecule has 7 heteroatoms. The molecule has 0 unspecified atom stereocenters. The van der Waals surface area contributed by atoms with Gasteiger partial charge in [-0.05, 0) is 56.7 Å². The summed E-state index contributed by atoms with van der Waals surface area (Å²) in [7, 11) is -4.02. The van der Waals surface area contributed by atoms with E-state index in [1.165, 1.54) is 12.1 Å². The number of anilines is 1. The monoisotopic (exact) mass is 392 g/mol. The molecule has 0 saturated heterocycles. The van der Waals surface area contributed by atoms with Crippen LogP contribution in [-0.4, -0.2) is 26.9 Å². The van der Waals surface area contributed by atoms with E-state index in [1.54, 1.807) is 24.3 Å². The van der Waals surface area contributed by atoms with Crippen LogP contribution in [0.5, 0.6) is 0 Å². The lowest BCUT2D eigenvalue weighted by Gasteiger charge is -2.25. The summed E-state index contributed by atoms with van der Waals surface area (Å²) in [5, 5.41) is 2.82. The predicted octanol–water partition coefficient (Wildman–Crippen LogP) is 3.63. The van der Waals surface area contributed by atoms with Crippen LogP contribution in [0.4, 0.5) is 10.1 Å². The van der Waals surface area contributed by atoms with Gasteiger partial charge < -0.3 is 5.32 Å². The second-order valence-corrected chi connectivity index (χ2v) is 8.42. The number of rotatable bonds is 8. The lowest BCUT2D eigenvalue weighted by atomic mass is 10.2. The molecule has 0 radical (unpaired) electrons. The van der Waals surface area contributed by atoms with Gasteiger partial charge in [0.15, 0.2) is 0 Å². The van der Waals surface area contributed by atoms with Gasteiger partial charge in [-0.2, -0.15) is 0 Å². The van der Waals surface area contributed by atoms with E-state index in [4.69, 9.17) is 0 Å². The molecule has 1 amide bonds. The summed E-state index contributed by atoms with van der Waals surface area (Å²) >= 11 is 0. The lowest BCUT2D eigenvalue weighted by Crippen LogP contribution is -2.43. The first-order valence-electron chi connectivity index (χ1n) is 8.88. The van der Waals surface area contributed by atoms with Crippen LogP contribution in [-0.2, 0) is 14.8 Å². The number of halogens is 1. The summed E-state index contributed by atoms with van der Waals surface area (Å²) < 4.78 is 40.4. The molecule has 2 aromatic carbocycles. The smallest absolute Gasteiger partial charge is 0.264 e. The summed E-state index contributed by atoms with van der Waals surface area (Å²) in [5.41, 5.74) is 1.35. The van der Waals surface area contributed by atoms with Crippen molar-refractivity contribution in [2.45, 2.75) is 44.6 Å². The average molecular weight is 392 g/mol. The third kappa shape index (κ3) is 5.53. The first-order valence-corrected chi connectivity index (χ1v) is 10.3. The zero-order valence-corrected chi connectivity index (χ0v) is 16.6. The second-order valence-electron chi connectivity index (χ2n) is 6.56. The molecule has 0 aliphatic rings. The van der Waals surface area contributed by atoms with E-state index < -0.39 is 15.8 Å². The van der Waals surface area contributed by atoms with E-state index >= 15 is 0 Å². The summed E-state index contributed by atoms with van der Waals surface area (Å²) in [6, 6.07) is 11.4. The van der Waals surface area contributed by atoms with Gasteiger partial charge in [0, 0.05) is 6.04 Å². The molecule has 0 spiro atoms. The molecule has 2 rings (SSSR count). The molecule has 1 N–H and O–H groups in total. The van der Waals surface area contributed by atoms with E-state index in [0.717, 1.165) is 34.8 Å². The number of nitrogens with zero attached hydrogens (tertiary/aromatic N) is 1. The molecule has 2 aromatic rings. The third-order valence-electron chi connectivity index (χ3n) is 4.14. The van der Waals surface area contributed by atoms with Crippen molar-refractivity contribution < 1.29 is 17.6 Å². The van der Waals surface area contributed by atoms with Gasteiger partial charge in [0.25, 0.3) is 10.0 Å². The van der Waals surface area contributed by atoms with Crippen molar-refractivity contribution in [2.75, 3.05) is 10.8 Å². The molecule has 27 heavy (non-hydrogen) atoms. The van der Waals surface area contributed by atoms with Crippen molar-refractivity contribution in [1.82, 2.24) is 5.32 Å². The van der Waals surface area contributed by atoms with Gasteiger partial charge >= 0.3 is 0 Å². The van der Waals surface area contributed by atoms with Crippen molar-refractivity contribution in [3.05, 3.63) is 59.9 Å². The van der Waals surface area contributed by atoms with Gasteiger partial charge in [-0.25, -0.2) is 12.8 Å². The first kappa shape index (κ1) is 20.9. The van der Waals surface area contributed by atoms with Crippen LogP contribution < -0.4 is 9.62 Å². The Labute approximate surface area is 160 Å². The second kappa shape index (κ2) is 8.99. The van der Waals surface area contributed by atoms with Gasteiger partial charge in [0.2, 0.25) is 5.91 Å². The Morgan fingerprint density at radius 3 is 2.26 bits per heavy atom. The molecular weight excluding hydrogens is 367 g/mol. The predicted molar refractivity (Wildman–Crippen MR) is 105 cm³/mol. The highest BCUT2D eigenvalue weighted by molar-refractivity contribution is 7.92. The van der Waals surface area contributed by atoms with Crippen molar-refractivity contribution >= 4 is 21.6 Å². The summed E-state index contributed by atoms with van der Waals surface area (Å²) in [4.78, 5) is 12.4. The summed E-state index contributed by atoms with van der Waals surface area (Å²) in [6.45, 7) is 5.44. The number of sulfonamides is 1. The maximum absolute atomic E-state index is 13.2. The molecule has 0 saturated carbocycles. The van der Waals surface area contributed by atoms with Crippen LogP contribution in [0, 0.1) is 12.7 Å². The molecule has 146 valence electrons. The quantitative estimate of drug-likeness (QED) is 0.746. The number of nitrogens with one attached hydrogen (secondary N) is 1. The molecular formula is C20H25FN2O3S. The number of hydrogen-bond acceptors (Lipinski definition) is 3. The summed E-state index contributed by atoms with van der Waals surface area (Å²) in [6.07, 6.45) is 1.72. The van der Waals surface area contributed by atoms with E-state index in [-0.39, 0.29) is 23.4 Å². The first-order chi connectivity index (χ1) is 12.7. The third-order valence-corrected chi connectivity index (χ3v) is 5.93. The Morgan fingerprint density at radius 1 is 1.11 bits per heavy atom. The number of hydrogen-bond donors (Lipinski definition) is 1. The van der Waals surface area contributed by atoms with Crippen LogP contribution in [0.15, 0.2) is 53.4 Å². The highest BCUT2D eigenvalue weighted by Crippen LogP contribution is 2.24. The normalized spacial score (nSPS) is 12.4. The Morgan fingerprint density at radius 2 is 1.70 bits per heavy atom. The fourth-order valence-corrected chi connectivity index (χ4v) is 4.14. The number of benzene rings is 2. The van der Waals surface area contributed by atoms with Gasteiger partial charge in [0.05, 0.1) is 10.6 Å². The number of aryl methyl sites for hydroxylation is 1. The largest absolute Gasteiger partial charge is 0.352 e. The minimum atomic E-state index is -4.02. The topological polar surface area (TPSA) is 66.5 Å². The van der Waals surface area contributed by atoms with Gasteiger partial charge in [-0.1, -0.05) is 31.0 Å². The lowest BCUT2D eigenvalue weighted by molar-refractivity contribution is -0.120. The molecule has 0 bridgehead atoms. The van der Waals surface area contributed by atoms with E-state index in [0.29, 0.717) is 5.69 Å². The van der Waals surface area contributed by atoms with Crippen LogP contribution in [0.25, 0.3) is 0 Å².